The molecule has 5 nitrogen and oxygen atoms in total. The summed E-state index contributed by atoms with van der Waals surface area (Å²) >= 11 is 0. The van der Waals surface area contributed by atoms with Crippen molar-refractivity contribution in [2.24, 2.45) is 17.6 Å². The van der Waals surface area contributed by atoms with Gasteiger partial charge in [0.25, 0.3) is 0 Å². The van der Waals surface area contributed by atoms with Gasteiger partial charge in [-0.2, -0.15) is 13.2 Å². The SMILES string of the molecule is CCNC(=O)N1C[C@H](C(N)=O)[C@@H](C(F)(F)F)C1. The number of primary amides is 1. The van der Waals surface area contributed by atoms with Gasteiger partial charge in [0.1, 0.15) is 0 Å². The van der Waals surface area contributed by atoms with Gasteiger partial charge in [-0.3, -0.25) is 4.79 Å². The number of urea groups is 1. The maximum absolute atomic E-state index is 12.6. The lowest BCUT2D eigenvalue weighted by Gasteiger charge is -2.18. The van der Waals surface area contributed by atoms with Gasteiger partial charge in [-0.1, -0.05) is 0 Å². The molecule has 2 atom stereocenters. The molecule has 1 fully saturated rings. The highest BCUT2D eigenvalue weighted by Gasteiger charge is 2.52. The summed E-state index contributed by atoms with van der Waals surface area (Å²) in [6.07, 6.45) is -4.53. The first-order valence-corrected chi connectivity index (χ1v) is 5.16. The molecule has 0 radical (unpaired) electrons. The Hall–Kier alpha value is -1.47. The number of nitrogens with one attached hydrogen (secondary N) is 1. The standard InChI is InChI=1S/C9H14F3N3O2/c1-2-14-8(17)15-3-5(7(13)16)6(4-15)9(10,11)12/h5-6H,2-4H2,1H3,(H2,13,16)(H,14,17)/t5-,6-/m0/s1. The predicted octanol–water partition coefficient (Wildman–Crippen LogP) is 0.311. The van der Waals surface area contributed by atoms with Crippen LogP contribution in [0.3, 0.4) is 0 Å². The Morgan fingerprint density at radius 2 is 2.00 bits per heavy atom. The lowest BCUT2D eigenvalue weighted by atomic mass is 9.95. The van der Waals surface area contributed by atoms with Gasteiger partial charge in [0.15, 0.2) is 0 Å². The molecule has 1 aliphatic rings. The van der Waals surface area contributed by atoms with Gasteiger partial charge in [-0.05, 0) is 6.92 Å². The van der Waals surface area contributed by atoms with Crippen molar-refractivity contribution in [2.45, 2.75) is 13.1 Å². The monoisotopic (exact) mass is 253 g/mol. The van der Waals surface area contributed by atoms with Crippen LogP contribution in [0.1, 0.15) is 6.92 Å². The minimum Gasteiger partial charge on any atom is -0.369 e. The Balaban J connectivity index is 2.79. The third-order valence-corrected chi connectivity index (χ3v) is 2.72. The zero-order chi connectivity index (χ0) is 13.2. The van der Waals surface area contributed by atoms with E-state index in [9.17, 15) is 22.8 Å². The quantitative estimate of drug-likeness (QED) is 0.743. The van der Waals surface area contributed by atoms with Gasteiger partial charge in [-0.15, -0.1) is 0 Å². The van der Waals surface area contributed by atoms with Gasteiger partial charge in [0.2, 0.25) is 5.91 Å². The number of rotatable bonds is 2. The summed E-state index contributed by atoms with van der Waals surface area (Å²) in [5, 5.41) is 2.39. The molecule has 0 aliphatic carbocycles. The van der Waals surface area contributed by atoms with E-state index < -0.39 is 36.5 Å². The lowest BCUT2D eigenvalue weighted by Crippen LogP contribution is -2.39. The van der Waals surface area contributed by atoms with Crippen LogP contribution in [-0.4, -0.2) is 42.6 Å². The van der Waals surface area contributed by atoms with Gasteiger partial charge in [-0.25, -0.2) is 4.79 Å². The molecule has 17 heavy (non-hydrogen) atoms. The van der Waals surface area contributed by atoms with Crippen LogP contribution in [0.5, 0.6) is 0 Å². The molecule has 1 heterocycles. The first-order valence-electron chi connectivity index (χ1n) is 5.16. The summed E-state index contributed by atoms with van der Waals surface area (Å²) in [7, 11) is 0. The zero-order valence-electron chi connectivity index (χ0n) is 9.25. The summed E-state index contributed by atoms with van der Waals surface area (Å²) < 4.78 is 37.9. The second-order valence-corrected chi connectivity index (χ2v) is 3.90. The molecule has 98 valence electrons. The minimum absolute atomic E-state index is 0.286. The zero-order valence-corrected chi connectivity index (χ0v) is 9.25. The van der Waals surface area contributed by atoms with Gasteiger partial charge < -0.3 is 16.0 Å². The van der Waals surface area contributed by atoms with Crippen molar-refractivity contribution in [2.75, 3.05) is 19.6 Å². The first-order chi connectivity index (χ1) is 7.77. The average molecular weight is 253 g/mol. The van der Waals surface area contributed by atoms with Crippen LogP contribution >= 0.6 is 0 Å². The van der Waals surface area contributed by atoms with Crippen molar-refractivity contribution < 1.29 is 22.8 Å². The normalized spacial score (nSPS) is 24.8. The Kier molecular flexibility index (Phi) is 3.84. The molecule has 0 saturated carbocycles. The van der Waals surface area contributed by atoms with Crippen LogP contribution in [0, 0.1) is 11.8 Å². The maximum Gasteiger partial charge on any atom is 0.394 e. The van der Waals surface area contributed by atoms with Crippen molar-refractivity contribution >= 4 is 11.9 Å². The van der Waals surface area contributed by atoms with E-state index in [0.29, 0.717) is 6.54 Å². The molecule has 3 amide bonds. The highest BCUT2D eigenvalue weighted by atomic mass is 19.4. The number of hydrogen-bond donors (Lipinski definition) is 2. The third-order valence-electron chi connectivity index (χ3n) is 2.72. The van der Waals surface area contributed by atoms with Crippen LogP contribution in [-0.2, 0) is 4.79 Å². The second-order valence-electron chi connectivity index (χ2n) is 3.90. The van der Waals surface area contributed by atoms with E-state index in [1.165, 1.54) is 0 Å². The molecule has 1 aliphatic heterocycles. The molecule has 0 aromatic carbocycles. The summed E-state index contributed by atoms with van der Waals surface area (Å²) in [6, 6.07) is -0.606. The maximum atomic E-state index is 12.6. The molecule has 8 heteroatoms. The fraction of sp³-hybridized carbons (Fsp3) is 0.778. The molecule has 3 N–H and O–H groups in total. The Morgan fingerprint density at radius 1 is 1.41 bits per heavy atom. The minimum atomic E-state index is -4.53. The molecule has 1 rings (SSSR count). The van der Waals surface area contributed by atoms with Crippen molar-refractivity contribution in [3.8, 4) is 0 Å². The average Bonchev–Trinajstić information content (AvgIpc) is 2.61. The molecule has 0 aromatic rings. The number of carbonyl (C=O) groups is 2. The van der Waals surface area contributed by atoms with Crippen molar-refractivity contribution in [3.05, 3.63) is 0 Å². The first kappa shape index (κ1) is 13.6. The lowest BCUT2D eigenvalue weighted by molar-refractivity contribution is -0.182. The summed E-state index contributed by atoms with van der Waals surface area (Å²) in [5.74, 6) is -4.26. The van der Waals surface area contributed by atoms with E-state index >= 15 is 0 Å². The largest absolute Gasteiger partial charge is 0.394 e. The molecule has 0 bridgehead atoms. The number of nitrogens with zero attached hydrogens (tertiary/aromatic N) is 1. The number of amides is 3. The van der Waals surface area contributed by atoms with E-state index in [-0.39, 0.29) is 6.54 Å². The number of nitrogens with two attached hydrogens (primary N) is 1. The number of halogens is 3. The van der Waals surface area contributed by atoms with Gasteiger partial charge in [0, 0.05) is 19.6 Å². The fourth-order valence-corrected chi connectivity index (χ4v) is 1.85. The summed E-state index contributed by atoms with van der Waals surface area (Å²) in [4.78, 5) is 23.3. The molecule has 0 aromatic heterocycles. The number of alkyl halides is 3. The van der Waals surface area contributed by atoms with Crippen molar-refractivity contribution in [3.63, 3.8) is 0 Å². The number of hydrogen-bond acceptors (Lipinski definition) is 2. The fourth-order valence-electron chi connectivity index (χ4n) is 1.85. The van der Waals surface area contributed by atoms with E-state index in [4.69, 9.17) is 5.73 Å². The van der Waals surface area contributed by atoms with Gasteiger partial charge in [0.05, 0.1) is 11.8 Å². The Morgan fingerprint density at radius 3 is 2.35 bits per heavy atom. The molecule has 0 spiro atoms. The van der Waals surface area contributed by atoms with Crippen LogP contribution in [0.2, 0.25) is 0 Å². The highest BCUT2D eigenvalue weighted by molar-refractivity contribution is 5.80. The van der Waals surface area contributed by atoms with Crippen LogP contribution in [0.15, 0.2) is 0 Å². The van der Waals surface area contributed by atoms with E-state index in [1.54, 1.807) is 6.92 Å². The second kappa shape index (κ2) is 4.80. The highest BCUT2D eigenvalue weighted by Crippen LogP contribution is 2.37. The topological polar surface area (TPSA) is 75.4 Å². The smallest absolute Gasteiger partial charge is 0.369 e. The number of carbonyl (C=O) groups excluding carboxylic acids is 2. The van der Waals surface area contributed by atoms with Crippen molar-refractivity contribution in [1.29, 1.82) is 0 Å². The van der Waals surface area contributed by atoms with E-state index in [2.05, 4.69) is 5.32 Å². The summed E-state index contributed by atoms with van der Waals surface area (Å²) in [6.45, 7) is 1.16. The van der Waals surface area contributed by atoms with Crippen LogP contribution in [0.25, 0.3) is 0 Å². The molecular weight excluding hydrogens is 239 g/mol. The molecular formula is C9H14F3N3O2. The van der Waals surface area contributed by atoms with E-state index in [1.807, 2.05) is 0 Å². The Labute approximate surface area is 96.1 Å². The third kappa shape index (κ3) is 3.01. The Bertz CT molecular complexity index is 319. The van der Waals surface area contributed by atoms with Crippen molar-refractivity contribution in [1.82, 2.24) is 10.2 Å². The molecule has 1 saturated heterocycles. The van der Waals surface area contributed by atoms with Crippen LogP contribution in [0.4, 0.5) is 18.0 Å². The van der Waals surface area contributed by atoms with Gasteiger partial charge >= 0.3 is 12.2 Å². The predicted molar refractivity (Wildman–Crippen MR) is 52.9 cm³/mol. The van der Waals surface area contributed by atoms with Crippen LogP contribution < -0.4 is 11.1 Å². The number of likely N-dealkylation sites (tertiary alicyclic amines) is 1. The summed E-state index contributed by atoms with van der Waals surface area (Å²) in [5.41, 5.74) is 4.92. The van der Waals surface area contributed by atoms with E-state index in [0.717, 1.165) is 4.90 Å². The molecule has 0 unspecified atom stereocenters.